The lowest BCUT2D eigenvalue weighted by Crippen LogP contribution is -2.52. The highest BCUT2D eigenvalue weighted by Crippen LogP contribution is 2.39. The largest absolute Gasteiger partial charge is 0.376 e. The van der Waals surface area contributed by atoms with Gasteiger partial charge in [-0.05, 0) is 57.5 Å². The van der Waals surface area contributed by atoms with Crippen molar-refractivity contribution in [2.45, 2.75) is 44.2 Å². The van der Waals surface area contributed by atoms with Gasteiger partial charge in [0, 0.05) is 19.7 Å². The molecular weight excluding hydrogens is 290 g/mol. The van der Waals surface area contributed by atoms with Crippen LogP contribution in [-0.2, 0) is 14.9 Å². The van der Waals surface area contributed by atoms with Crippen molar-refractivity contribution in [3.8, 4) is 0 Å². The SMILES string of the molecule is CNCC1CCCN(S(=O)(=O)NC2CCOC2C2CC2)C1. The smallest absolute Gasteiger partial charge is 0.279 e. The molecule has 0 bridgehead atoms. The van der Waals surface area contributed by atoms with E-state index in [1.165, 1.54) is 12.8 Å². The molecule has 0 amide bonds. The zero-order valence-electron chi connectivity index (χ0n) is 12.8. The molecule has 0 radical (unpaired) electrons. The van der Waals surface area contributed by atoms with Gasteiger partial charge in [0.1, 0.15) is 0 Å². The van der Waals surface area contributed by atoms with Crippen molar-refractivity contribution in [1.82, 2.24) is 14.3 Å². The molecule has 0 aromatic carbocycles. The molecule has 6 nitrogen and oxygen atoms in total. The maximum atomic E-state index is 12.6. The van der Waals surface area contributed by atoms with E-state index in [1.54, 1.807) is 4.31 Å². The Morgan fingerprint density at radius 2 is 2.05 bits per heavy atom. The first kappa shape index (κ1) is 15.7. The molecule has 2 N–H and O–H groups in total. The van der Waals surface area contributed by atoms with Gasteiger partial charge in [-0.3, -0.25) is 0 Å². The van der Waals surface area contributed by atoms with Crippen molar-refractivity contribution in [3.05, 3.63) is 0 Å². The van der Waals surface area contributed by atoms with Crippen LogP contribution < -0.4 is 10.0 Å². The molecule has 3 rings (SSSR count). The summed E-state index contributed by atoms with van der Waals surface area (Å²) in [6.07, 6.45) is 5.30. The van der Waals surface area contributed by atoms with E-state index in [2.05, 4.69) is 10.0 Å². The van der Waals surface area contributed by atoms with E-state index in [0.29, 0.717) is 31.5 Å². The minimum Gasteiger partial charge on any atom is -0.376 e. The predicted molar refractivity (Wildman–Crippen MR) is 81.1 cm³/mol. The van der Waals surface area contributed by atoms with Gasteiger partial charge in [-0.15, -0.1) is 0 Å². The Bertz CT molecular complexity index is 450. The summed E-state index contributed by atoms with van der Waals surface area (Å²) in [7, 11) is -1.46. The molecule has 7 heteroatoms. The van der Waals surface area contributed by atoms with Crippen molar-refractivity contribution >= 4 is 10.2 Å². The van der Waals surface area contributed by atoms with Gasteiger partial charge in [-0.2, -0.15) is 17.4 Å². The monoisotopic (exact) mass is 317 g/mol. The lowest BCUT2D eigenvalue weighted by molar-refractivity contribution is 0.0843. The molecule has 1 saturated carbocycles. The van der Waals surface area contributed by atoms with Crippen LogP contribution in [-0.4, -0.2) is 58.2 Å². The predicted octanol–water partition coefficient (Wildman–Crippen LogP) is 0.320. The Kier molecular flexibility index (Phi) is 4.85. The van der Waals surface area contributed by atoms with E-state index in [4.69, 9.17) is 4.74 Å². The fourth-order valence-electron chi connectivity index (χ4n) is 3.59. The summed E-state index contributed by atoms with van der Waals surface area (Å²) in [5, 5.41) is 3.15. The quantitative estimate of drug-likeness (QED) is 0.740. The summed E-state index contributed by atoms with van der Waals surface area (Å²) in [6, 6.07) is -0.0350. The summed E-state index contributed by atoms with van der Waals surface area (Å²) < 4.78 is 35.5. The van der Waals surface area contributed by atoms with Crippen molar-refractivity contribution in [2.24, 2.45) is 11.8 Å². The molecule has 0 aromatic rings. The van der Waals surface area contributed by atoms with Crippen LogP contribution in [0.2, 0.25) is 0 Å². The van der Waals surface area contributed by atoms with Gasteiger partial charge in [0.25, 0.3) is 10.2 Å². The Hall–Kier alpha value is -0.210. The van der Waals surface area contributed by atoms with Crippen LogP contribution in [0, 0.1) is 11.8 Å². The zero-order chi connectivity index (χ0) is 14.9. The summed E-state index contributed by atoms with van der Waals surface area (Å²) in [5.41, 5.74) is 0. The third kappa shape index (κ3) is 3.76. The van der Waals surface area contributed by atoms with Gasteiger partial charge in [-0.1, -0.05) is 0 Å². The molecule has 2 aliphatic heterocycles. The van der Waals surface area contributed by atoms with Crippen LogP contribution in [0.15, 0.2) is 0 Å². The van der Waals surface area contributed by atoms with Crippen molar-refractivity contribution < 1.29 is 13.2 Å². The molecule has 0 aromatic heterocycles. The highest BCUT2D eigenvalue weighted by Gasteiger charge is 2.43. The van der Waals surface area contributed by atoms with Crippen LogP contribution in [0.1, 0.15) is 32.1 Å². The second-order valence-electron chi connectivity index (χ2n) is 6.61. The Labute approximate surface area is 127 Å². The molecule has 3 fully saturated rings. The van der Waals surface area contributed by atoms with Crippen LogP contribution in [0.5, 0.6) is 0 Å². The van der Waals surface area contributed by atoms with Gasteiger partial charge >= 0.3 is 0 Å². The number of rotatable bonds is 6. The molecular formula is C14H27N3O3S. The van der Waals surface area contributed by atoms with Gasteiger partial charge in [-0.25, -0.2) is 0 Å². The second-order valence-corrected chi connectivity index (χ2v) is 8.32. The van der Waals surface area contributed by atoms with E-state index in [9.17, 15) is 8.42 Å². The number of nitrogens with zero attached hydrogens (tertiary/aromatic N) is 1. The topological polar surface area (TPSA) is 70.7 Å². The van der Waals surface area contributed by atoms with Crippen molar-refractivity contribution in [2.75, 3.05) is 33.3 Å². The summed E-state index contributed by atoms with van der Waals surface area (Å²) in [6.45, 7) is 2.81. The van der Waals surface area contributed by atoms with Crippen molar-refractivity contribution in [1.29, 1.82) is 0 Å². The highest BCUT2D eigenvalue weighted by atomic mass is 32.2. The summed E-state index contributed by atoms with van der Waals surface area (Å²) in [4.78, 5) is 0. The first-order valence-electron chi connectivity index (χ1n) is 8.14. The third-order valence-electron chi connectivity index (χ3n) is 4.84. The van der Waals surface area contributed by atoms with E-state index in [-0.39, 0.29) is 12.1 Å². The van der Waals surface area contributed by atoms with E-state index in [0.717, 1.165) is 25.8 Å². The van der Waals surface area contributed by atoms with Gasteiger partial charge in [0.2, 0.25) is 0 Å². The molecule has 3 atom stereocenters. The van der Waals surface area contributed by atoms with Gasteiger partial charge in [0.05, 0.1) is 12.1 Å². The fourth-order valence-corrected chi connectivity index (χ4v) is 5.15. The molecule has 2 heterocycles. The molecule has 0 spiro atoms. The molecule has 122 valence electrons. The lowest BCUT2D eigenvalue weighted by atomic mass is 10.00. The molecule has 21 heavy (non-hydrogen) atoms. The Morgan fingerprint density at radius 3 is 2.76 bits per heavy atom. The van der Waals surface area contributed by atoms with E-state index in [1.807, 2.05) is 7.05 Å². The van der Waals surface area contributed by atoms with E-state index >= 15 is 0 Å². The Morgan fingerprint density at radius 1 is 1.24 bits per heavy atom. The maximum absolute atomic E-state index is 12.6. The van der Waals surface area contributed by atoms with Crippen LogP contribution in [0.25, 0.3) is 0 Å². The lowest BCUT2D eigenvalue weighted by Gasteiger charge is -2.33. The highest BCUT2D eigenvalue weighted by molar-refractivity contribution is 7.87. The minimum absolute atomic E-state index is 0.0350. The van der Waals surface area contributed by atoms with Crippen LogP contribution >= 0.6 is 0 Å². The average Bonchev–Trinajstić information content (AvgIpc) is 3.20. The zero-order valence-corrected chi connectivity index (χ0v) is 13.6. The number of nitrogens with one attached hydrogen (secondary N) is 2. The number of hydrogen-bond acceptors (Lipinski definition) is 4. The minimum atomic E-state index is -3.38. The average molecular weight is 317 g/mol. The number of hydrogen-bond donors (Lipinski definition) is 2. The van der Waals surface area contributed by atoms with Crippen LogP contribution in [0.3, 0.4) is 0 Å². The first-order valence-corrected chi connectivity index (χ1v) is 9.58. The second kappa shape index (κ2) is 6.50. The number of piperidine rings is 1. The standard InChI is InChI=1S/C14H27N3O3S/c1-15-9-11-3-2-7-17(10-11)21(18,19)16-13-6-8-20-14(13)12-4-5-12/h11-16H,2-10H2,1H3. The molecule has 2 saturated heterocycles. The third-order valence-corrected chi connectivity index (χ3v) is 6.45. The Balaban J connectivity index is 1.60. The summed E-state index contributed by atoms with van der Waals surface area (Å²) >= 11 is 0. The summed E-state index contributed by atoms with van der Waals surface area (Å²) in [5.74, 6) is 0.984. The fraction of sp³-hybridized carbons (Fsp3) is 1.00. The first-order chi connectivity index (χ1) is 10.1. The van der Waals surface area contributed by atoms with Crippen molar-refractivity contribution in [3.63, 3.8) is 0 Å². The molecule has 3 unspecified atom stereocenters. The number of ether oxygens (including phenoxy) is 1. The van der Waals surface area contributed by atoms with E-state index < -0.39 is 10.2 Å². The molecule has 1 aliphatic carbocycles. The molecule has 3 aliphatic rings. The van der Waals surface area contributed by atoms with Crippen LogP contribution in [0.4, 0.5) is 0 Å². The van der Waals surface area contributed by atoms with Gasteiger partial charge < -0.3 is 10.1 Å². The van der Waals surface area contributed by atoms with Gasteiger partial charge in [0.15, 0.2) is 0 Å². The normalized spacial score (nSPS) is 35.2. The maximum Gasteiger partial charge on any atom is 0.279 e.